The molecule has 4 unspecified atom stereocenters. The van der Waals surface area contributed by atoms with Crippen LogP contribution in [0.3, 0.4) is 0 Å². The predicted molar refractivity (Wildman–Crippen MR) is 152 cm³/mol. The number of ether oxygens (including phenoxy) is 6. The van der Waals surface area contributed by atoms with Crippen LogP contribution >= 0.6 is 0 Å². The van der Waals surface area contributed by atoms with Crippen LogP contribution in [0, 0.1) is 22.7 Å². The first-order valence-corrected chi connectivity index (χ1v) is 14.2. The summed E-state index contributed by atoms with van der Waals surface area (Å²) >= 11 is 0. The molecular weight excluding hydrogens is 630 g/mol. The third kappa shape index (κ3) is 3.01. The van der Waals surface area contributed by atoms with Crippen LogP contribution in [0.2, 0.25) is 0 Å². The van der Waals surface area contributed by atoms with Crippen molar-refractivity contribution in [3.8, 4) is 0 Å². The van der Waals surface area contributed by atoms with Gasteiger partial charge in [-0.05, 0) is 6.42 Å². The molecule has 4 bridgehead atoms. The summed E-state index contributed by atoms with van der Waals surface area (Å²) in [6, 6.07) is 0. The molecule has 4 fully saturated rings. The van der Waals surface area contributed by atoms with E-state index in [1.807, 2.05) is 0 Å². The molecule has 0 N–H and O–H groups in total. The maximum absolute atomic E-state index is 14.4. The van der Waals surface area contributed by atoms with Gasteiger partial charge in [0, 0.05) is 20.6 Å². The Labute approximate surface area is 265 Å². The largest absolute Gasteiger partial charge is 0.469 e. The number of rotatable bonds is 9. The monoisotopic (exact) mass is 663 g/mol. The zero-order chi connectivity index (χ0) is 35.2. The first-order valence-electron chi connectivity index (χ1n) is 14.2. The molecule has 2 aliphatic heterocycles. The quantitative estimate of drug-likeness (QED) is 0.198. The first-order chi connectivity index (χ1) is 22.2. The van der Waals surface area contributed by atoms with Gasteiger partial charge in [-0.15, -0.1) is 0 Å². The highest BCUT2D eigenvalue weighted by Crippen LogP contribution is 2.95. The number of aromatic nitrogens is 4. The van der Waals surface area contributed by atoms with Crippen molar-refractivity contribution >= 4 is 52.9 Å². The molecule has 2 saturated heterocycles. The summed E-state index contributed by atoms with van der Waals surface area (Å²) in [5.41, 5.74) is -13.2. The highest BCUT2D eigenvalue weighted by Gasteiger charge is 3.19. The third-order valence-electron chi connectivity index (χ3n) is 10.0. The molecular formula is C28H33N5O14. The number of esters is 6. The van der Waals surface area contributed by atoms with E-state index < -0.39 is 86.8 Å². The normalized spacial score (nSPS) is 29.7. The maximum atomic E-state index is 14.4. The predicted octanol–water partition coefficient (Wildman–Crippen LogP) is -2.59. The Kier molecular flexibility index (Phi) is 7.33. The van der Waals surface area contributed by atoms with E-state index in [2.05, 4.69) is 4.98 Å². The van der Waals surface area contributed by atoms with Crippen LogP contribution in [-0.2, 0) is 77.8 Å². The van der Waals surface area contributed by atoms with Crippen LogP contribution in [0.5, 0.6) is 0 Å². The van der Waals surface area contributed by atoms with Crippen LogP contribution in [0.25, 0.3) is 11.2 Å². The van der Waals surface area contributed by atoms with Crippen molar-refractivity contribution in [3.63, 3.8) is 0 Å². The van der Waals surface area contributed by atoms with Crippen molar-refractivity contribution in [2.45, 2.75) is 31.0 Å². The molecule has 4 atom stereocenters. The second-order valence-electron chi connectivity index (χ2n) is 11.3. The van der Waals surface area contributed by atoms with E-state index in [1.54, 1.807) is 6.92 Å². The van der Waals surface area contributed by atoms with Crippen molar-refractivity contribution in [2.24, 2.45) is 36.8 Å². The Morgan fingerprint density at radius 1 is 0.702 bits per heavy atom. The number of fused-ring (bicyclic) bond motifs is 1. The molecule has 2 saturated carbocycles. The standard InChI is InChI=1S/C28H33N5O14/c1-10-11-32-12-15(30(2)24(41)31(3)16(12)34)29-23(32)33-25(19(37)44-6)13(17(35)42-4)26(20(38)45-7)27(21(39)46-8,14(25)18(36)43-5)28(26,33)22(40)47-9/h13-14H,10-11H2,1-9H3. The van der Waals surface area contributed by atoms with Crippen LogP contribution in [-0.4, -0.2) is 108 Å². The summed E-state index contributed by atoms with van der Waals surface area (Å²) in [6.45, 7) is 1.66. The van der Waals surface area contributed by atoms with Gasteiger partial charge in [-0.1, -0.05) is 6.92 Å². The number of nitrogens with zero attached hydrogens (tertiary/aromatic N) is 5. The summed E-state index contributed by atoms with van der Waals surface area (Å²) in [5.74, 6) is -13.1. The molecule has 2 aromatic heterocycles. The third-order valence-corrected chi connectivity index (χ3v) is 10.0. The number of hydrogen-bond acceptors (Lipinski definition) is 16. The summed E-state index contributed by atoms with van der Waals surface area (Å²) in [5, 5.41) is 0. The lowest BCUT2D eigenvalue weighted by atomic mass is 9.74. The molecule has 6 rings (SSSR count). The Morgan fingerprint density at radius 2 is 1.17 bits per heavy atom. The van der Waals surface area contributed by atoms with Gasteiger partial charge in [0.15, 0.2) is 22.2 Å². The van der Waals surface area contributed by atoms with Crippen molar-refractivity contribution in [1.29, 1.82) is 0 Å². The van der Waals surface area contributed by atoms with Gasteiger partial charge in [-0.2, -0.15) is 4.98 Å². The minimum Gasteiger partial charge on any atom is -0.469 e. The number of carbonyl (C=O) groups excluding carboxylic acids is 6. The Morgan fingerprint density at radius 3 is 1.57 bits per heavy atom. The van der Waals surface area contributed by atoms with Crippen molar-refractivity contribution in [2.75, 3.05) is 47.6 Å². The van der Waals surface area contributed by atoms with Gasteiger partial charge in [0.05, 0.1) is 42.7 Å². The van der Waals surface area contributed by atoms with Gasteiger partial charge in [0.25, 0.3) is 5.56 Å². The number of anilines is 1. The zero-order valence-electron chi connectivity index (χ0n) is 27.0. The van der Waals surface area contributed by atoms with Crippen LogP contribution in [0.1, 0.15) is 13.3 Å². The molecule has 19 heteroatoms. The minimum atomic E-state index is -2.83. The fourth-order valence-corrected chi connectivity index (χ4v) is 8.71. The van der Waals surface area contributed by atoms with Crippen molar-refractivity contribution in [1.82, 2.24) is 18.7 Å². The van der Waals surface area contributed by atoms with Gasteiger partial charge >= 0.3 is 41.5 Å². The lowest BCUT2D eigenvalue weighted by Crippen LogP contribution is -2.62. The fourth-order valence-electron chi connectivity index (χ4n) is 8.71. The van der Waals surface area contributed by atoms with E-state index in [-0.39, 0.29) is 17.7 Å². The summed E-state index contributed by atoms with van der Waals surface area (Å²) in [7, 11) is 8.01. The molecule has 19 nitrogen and oxygen atoms in total. The minimum absolute atomic E-state index is 0.0630. The highest BCUT2D eigenvalue weighted by molar-refractivity contribution is 6.25. The molecule has 0 spiro atoms. The summed E-state index contributed by atoms with van der Waals surface area (Å²) < 4.78 is 33.9. The summed E-state index contributed by atoms with van der Waals surface area (Å²) in [4.78, 5) is 117. The molecule has 0 aromatic carbocycles. The molecule has 47 heavy (non-hydrogen) atoms. The molecule has 4 aliphatic rings. The second-order valence-corrected chi connectivity index (χ2v) is 11.3. The molecule has 254 valence electrons. The highest BCUT2D eigenvalue weighted by atomic mass is 16.6. The van der Waals surface area contributed by atoms with Crippen molar-refractivity contribution < 1.29 is 57.2 Å². The number of imidazole rings is 1. The number of aryl methyl sites for hydroxylation is 2. The van der Waals surface area contributed by atoms with E-state index in [0.29, 0.717) is 6.42 Å². The SMILES string of the molecule is CCCn1c(N2C3(C(=O)OC)C(C(=O)OC)C4(C(=O)OC)C(C(=O)OC)(C3C(=O)OC)C24C(=O)OC)nc2c1c(=O)n(C)c(=O)n2C. The van der Waals surface area contributed by atoms with Gasteiger partial charge < -0.3 is 37.9 Å². The number of piperidine rings is 2. The van der Waals surface area contributed by atoms with Crippen LogP contribution < -0.4 is 16.1 Å². The Hall–Kier alpha value is -5.23. The van der Waals surface area contributed by atoms with Crippen molar-refractivity contribution in [3.05, 3.63) is 20.8 Å². The van der Waals surface area contributed by atoms with Gasteiger partial charge in [-0.25, -0.2) is 14.4 Å². The summed E-state index contributed by atoms with van der Waals surface area (Å²) in [6.07, 6.45) is 0.292. The first kappa shape index (κ1) is 33.1. The number of methoxy groups -OCH3 is 6. The fraction of sp³-hybridized carbons (Fsp3) is 0.607. The number of carbonyl (C=O) groups is 6. The molecule has 2 aliphatic carbocycles. The molecule has 4 heterocycles. The second kappa shape index (κ2) is 10.4. The molecule has 0 amide bonds. The molecule has 0 radical (unpaired) electrons. The lowest BCUT2D eigenvalue weighted by Gasteiger charge is -2.39. The van der Waals surface area contributed by atoms with E-state index in [0.717, 1.165) is 56.7 Å². The average molecular weight is 664 g/mol. The van der Waals surface area contributed by atoms with Crippen LogP contribution in [0.4, 0.5) is 5.95 Å². The zero-order valence-corrected chi connectivity index (χ0v) is 27.0. The maximum Gasteiger partial charge on any atom is 0.334 e. The van der Waals surface area contributed by atoms with E-state index in [1.165, 1.54) is 18.7 Å². The average Bonchev–Trinajstić information content (AvgIpc) is 3.40. The van der Waals surface area contributed by atoms with Gasteiger partial charge in [0.2, 0.25) is 5.95 Å². The Balaban J connectivity index is 2.17. The van der Waals surface area contributed by atoms with Gasteiger partial charge in [0.1, 0.15) is 22.7 Å². The lowest BCUT2D eigenvalue weighted by molar-refractivity contribution is -0.167. The van der Waals surface area contributed by atoms with Gasteiger partial charge in [-0.3, -0.25) is 33.1 Å². The Bertz CT molecular complexity index is 1840. The van der Waals surface area contributed by atoms with E-state index >= 15 is 0 Å². The van der Waals surface area contributed by atoms with Crippen LogP contribution in [0.15, 0.2) is 9.59 Å². The number of hydrogen-bond donors (Lipinski definition) is 0. The van der Waals surface area contributed by atoms with E-state index in [4.69, 9.17) is 28.4 Å². The van der Waals surface area contributed by atoms with E-state index in [9.17, 15) is 38.4 Å². The topological polar surface area (TPSA) is 223 Å². The smallest absolute Gasteiger partial charge is 0.334 e. The molecule has 2 aromatic rings.